The molecule has 1 saturated heterocycles. The quantitative estimate of drug-likeness (QED) is 0.865. The number of carboxylic acids is 1. The highest BCUT2D eigenvalue weighted by atomic mass is 16.4. The fraction of sp³-hybridized carbons (Fsp3) is 0.500. The van der Waals surface area contributed by atoms with E-state index in [2.05, 4.69) is 5.32 Å². The van der Waals surface area contributed by atoms with Crippen LogP contribution in [-0.2, 0) is 4.79 Å². The second kappa shape index (κ2) is 8.47. The lowest BCUT2D eigenvalue weighted by Crippen LogP contribution is -2.35. The Kier molecular flexibility index (Phi) is 6.35. The number of hydrogen-bond acceptors (Lipinski definition) is 3. The first kappa shape index (κ1) is 18.0. The molecule has 0 unspecified atom stereocenters. The first-order valence-electron chi connectivity index (χ1n) is 8.38. The maximum atomic E-state index is 12.2. The highest BCUT2D eigenvalue weighted by molar-refractivity contribution is 5.98. The number of aromatic carboxylic acids is 1. The van der Waals surface area contributed by atoms with Crippen molar-refractivity contribution >= 4 is 17.8 Å². The van der Waals surface area contributed by atoms with E-state index in [-0.39, 0.29) is 30.3 Å². The van der Waals surface area contributed by atoms with Crippen molar-refractivity contribution in [2.45, 2.75) is 39.0 Å². The summed E-state index contributed by atoms with van der Waals surface area (Å²) >= 11 is 0. The summed E-state index contributed by atoms with van der Waals surface area (Å²) in [5, 5.41) is 11.7. The lowest BCUT2D eigenvalue weighted by molar-refractivity contribution is -0.131. The lowest BCUT2D eigenvalue weighted by Gasteiger charge is -2.20. The van der Waals surface area contributed by atoms with Gasteiger partial charge < -0.3 is 15.3 Å². The Morgan fingerprint density at radius 2 is 1.67 bits per heavy atom. The second-order valence-electron chi connectivity index (χ2n) is 6.19. The molecular weight excluding hydrogens is 308 g/mol. The normalized spacial score (nSPS) is 14.8. The van der Waals surface area contributed by atoms with E-state index in [1.165, 1.54) is 25.0 Å². The van der Waals surface area contributed by atoms with Crippen molar-refractivity contribution in [1.29, 1.82) is 0 Å². The minimum absolute atomic E-state index is 0.0627. The zero-order chi connectivity index (χ0) is 17.5. The average Bonchev–Trinajstić information content (AvgIpc) is 2.83. The summed E-state index contributed by atoms with van der Waals surface area (Å²) in [5.41, 5.74) is 1.09. The topological polar surface area (TPSA) is 86.7 Å². The minimum Gasteiger partial charge on any atom is -0.478 e. The Hall–Kier alpha value is -2.37. The number of nitrogens with one attached hydrogen (secondary N) is 1. The Morgan fingerprint density at radius 3 is 2.29 bits per heavy atom. The monoisotopic (exact) mass is 332 g/mol. The predicted octanol–water partition coefficient (Wildman–Crippen LogP) is 2.22. The van der Waals surface area contributed by atoms with Crippen LogP contribution in [0.5, 0.6) is 0 Å². The van der Waals surface area contributed by atoms with E-state index in [4.69, 9.17) is 5.11 Å². The van der Waals surface area contributed by atoms with Gasteiger partial charge in [0, 0.05) is 31.6 Å². The standard InChI is InChI=1S/C18H24N2O4/c1-13-10-14(12-15(11-13)18(23)24)17(22)19-7-6-16(21)20-8-4-2-3-5-9-20/h10-12H,2-9H2,1H3,(H,19,22)(H,23,24). The summed E-state index contributed by atoms with van der Waals surface area (Å²) < 4.78 is 0. The van der Waals surface area contributed by atoms with Crippen LogP contribution in [0.3, 0.4) is 0 Å². The van der Waals surface area contributed by atoms with E-state index in [9.17, 15) is 14.4 Å². The van der Waals surface area contributed by atoms with Crippen molar-refractivity contribution in [3.8, 4) is 0 Å². The molecule has 0 atom stereocenters. The molecule has 2 amide bonds. The summed E-state index contributed by atoms with van der Waals surface area (Å²) in [4.78, 5) is 37.2. The molecule has 1 fully saturated rings. The molecule has 6 nitrogen and oxygen atoms in total. The third-order valence-corrected chi connectivity index (χ3v) is 4.17. The third-order valence-electron chi connectivity index (χ3n) is 4.17. The van der Waals surface area contributed by atoms with Crippen molar-refractivity contribution in [3.63, 3.8) is 0 Å². The van der Waals surface area contributed by atoms with Gasteiger partial charge in [-0.05, 0) is 43.5 Å². The number of amides is 2. The van der Waals surface area contributed by atoms with E-state index >= 15 is 0 Å². The number of aryl methyl sites for hydroxylation is 1. The van der Waals surface area contributed by atoms with Crippen molar-refractivity contribution in [1.82, 2.24) is 10.2 Å². The van der Waals surface area contributed by atoms with E-state index < -0.39 is 5.97 Å². The second-order valence-corrected chi connectivity index (χ2v) is 6.19. The average molecular weight is 332 g/mol. The number of likely N-dealkylation sites (tertiary alicyclic amines) is 1. The largest absolute Gasteiger partial charge is 0.478 e. The fourth-order valence-electron chi connectivity index (χ4n) is 2.90. The van der Waals surface area contributed by atoms with Gasteiger partial charge in [-0.3, -0.25) is 9.59 Å². The zero-order valence-corrected chi connectivity index (χ0v) is 14.0. The Labute approximate surface area is 141 Å². The van der Waals surface area contributed by atoms with Crippen LogP contribution in [0.15, 0.2) is 18.2 Å². The molecule has 2 rings (SSSR count). The molecule has 6 heteroatoms. The molecule has 1 aliphatic heterocycles. The van der Waals surface area contributed by atoms with Crippen LogP contribution in [-0.4, -0.2) is 47.4 Å². The van der Waals surface area contributed by atoms with Gasteiger partial charge in [0.15, 0.2) is 0 Å². The van der Waals surface area contributed by atoms with Crippen molar-refractivity contribution < 1.29 is 19.5 Å². The molecule has 130 valence electrons. The van der Waals surface area contributed by atoms with Gasteiger partial charge in [0.25, 0.3) is 5.91 Å². The van der Waals surface area contributed by atoms with Crippen LogP contribution >= 0.6 is 0 Å². The molecule has 1 heterocycles. The maximum absolute atomic E-state index is 12.2. The van der Waals surface area contributed by atoms with Gasteiger partial charge >= 0.3 is 5.97 Å². The smallest absolute Gasteiger partial charge is 0.335 e. The highest BCUT2D eigenvalue weighted by Gasteiger charge is 2.16. The van der Waals surface area contributed by atoms with E-state index in [1.54, 1.807) is 13.0 Å². The van der Waals surface area contributed by atoms with Crippen LogP contribution in [0.1, 0.15) is 58.4 Å². The van der Waals surface area contributed by atoms with Gasteiger partial charge in [0.2, 0.25) is 5.91 Å². The van der Waals surface area contributed by atoms with Crippen LogP contribution in [0.2, 0.25) is 0 Å². The van der Waals surface area contributed by atoms with Crippen molar-refractivity contribution in [3.05, 3.63) is 34.9 Å². The number of carbonyl (C=O) groups is 3. The zero-order valence-electron chi connectivity index (χ0n) is 14.0. The summed E-state index contributed by atoms with van der Waals surface area (Å²) in [7, 11) is 0. The molecule has 0 saturated carbocycles. The van der Waals surface area contributed by atoms with Gasteiger partial charge in [-0.1, -0.05) is 12.8 Å². The summed E-state index contributed by atoms with van der Waals surface area (Å²) in [6, 6.07) is 4.50. The van der Waals surface area contributed by atoms with Crippen LogP contribution in [0, 0.1) is 6.92 Å². The molecule has 0 radical (unpaired) electrons. The van der Waals surface area contributed by atoms with Crippen LogP contribution in [0.25, 0.3) is 0 Å². The van der Waals surface area contributed by atoms with Gasteiger partial charge in [-0.25, -0.2) is 4.79 Å². The molecule has 0 aromatic heterocycles. The SMILES string of the molecule is Cc1cc(C(=O)O)cc(C(=O)NCCC(=O)N2CCCCCC2)c1. The molecule has 24 heavy (non-hydrogen) atoms. The lowest BCUT2D eigenvalue weighted by atomic mass is 10.1. The van der Waals surface area contributed by atoms with Gasteiger partial charge in [-0.2, -0.15) is 0 Å². The minimum atomic E-state index is -1.07. The van der Waals surface area contributed by atoms with Gasteiger partial charge in [0.1, 0.15) is 0 Å². The first-order valence-corrected chi connectivity index (χ1v) is 8.38. The first-order chi connectivity index (χ1) is 11.5. The Morgan fingerprint density at radius 1 is 1.04 bits per heavy atom. The number of rotatable bonds is 5. The number of benzene rings is 1. The molecular formula is C18H24N2O4. The molecule has 2 N–H and O–H groups in total. The maximum Gasteiger partial charge on any atom is 0.335 e. The number of nitrogens with zero attached hydrogens (tertiary/aromatic N) is 1. The van der Waals surface area contributed by atoms with Crippen LogP contribution < -0.4 is 5.32 Å². The summed E-state index contributed by atoms with van der Waals surface area (Å²) in [6.07, 6.45) is 4.68. The summed E-state index contributed by atoms with van der Waals surface area (Å²) in [5.74, 6) is -1.36. The summed E-state index contributed by atoms with van der Waals surface area (Å²) in [6.45, 7) is 3.59. The van der Waals surface area contributed by atoms with Crippen molar-refractivity contribution in [2.75, 3.05) is 19.6 Å². The van der Waals surface area contributed by atoms with Crippen molar-refractivity contribution in [2.24, 2.45) is 0 Å². The van der Waals surface area contributed by atoms with Gasteiger partial charge in [-0.15, -0.1) is 0 Å². The van der Waals surface area contributed by atoms with E-state index in [0.29, 0.717) is 11.1 Å². The molecule has 0 bridgehead atoms. The Bertz CT molecular complexity index is 619. The molecule has 1 aromatic carbocycles. The van der Waals surface area contributed by atoms with Gasteiger partial charge in [0.05, 0.1) is 5.56 Å². The number of hydrogen-bond donors (Lipinski definition) is 2. The number of carbonyl (C=O) groups excluding carboxylic acids is 2. The molecule has 1 aromatic rings. The number of carboxylic acid groups (broad SMARTS) is 1. The Balaban J connectivity index is 1.86. The predicted molar refractivity (Wildman–Crippen MR) is 90.1 cm³/mol. The van der Waals surface area contributed by atoms with E-state index in [0.717, 1.165) is 25.9 Å². The third kappa shape index (κ3) is 5.08. The fourth-order valence-corrected chi connectivity index (χ4v) is 2.90. The van der Waals surface area contributed by atoms with Crippen LogP contribution in [0.4, 0.5) is 0 Å². The molecule has 0 aliphatic carbocycles. The molecule has 1 aliphatic rings. The van der Waals surface area contributed by atoms with E-state index in [1.807, 2.05) is 4.90 Å². The highest BCUT2D eigenvalue weighted by Crippen LogP contribution is 2.11. The molecule has 0 spiro atoms.